The number of benzene rings is 1. The maximum atomic E-state index is 13.3. The number of rotatable bonds is 7. The molecule has 0 spiro atoms. The largest absolute Gasteiger partial charge is 0.494 e. The van der Waals surface area contributed by atoms with Gasteiger partial charge in [-0.25, -0.2) is 13.2 Å². The van der Waals surface area contributed by atoms with E-state index in [2.05, 4.69) is 5.32 Å². The van der Waals surface area contributed by atoms with Crippen LogP contribution in [0.15, 0.2) is 29.2 Å². The molecule has 0 radical (unpaired) electrons. The number of nitrogens with one attached hydrogen (secondary N) is 1. The van der Waals surface area contributed by atoms with Crippen LogP contribution in [0.2, 0.25) is 0 Å². The number of ether oxygens (including phenoxy) is 1. The topological polar surface area (TPSA) is 116 Å². The SMILES string of the molecule is CCOc1ccc(S(=O)(=O)N(CC(=O)N2CCNCC2)C2CCCC2)cc1.O=C(O)C(F)(F)F. The third-order valence-corrected chi connectivity index (χ3v) is 7.39. The summed E-state index contributed by atoms with van der Waals surface area (Å²) in [5.41, 5.74) is 0. The number of carboxylic acid groups (broad SMARTS) is 1. The van der Waals surface area contributed by atoms with Gasteiger partial charge in [-0.2, -0.15) is 17.5 Å². The number of sulfonamides is 1. The number of carbonyl (C=O) groups excluding carboxylic acids is 1. The van der Waals surface area contributed by atoms with E-state index in [1.54, 1.807) is 29.2 Å². The first-order valence-electron chi connectivity index (χ1n) is 11.0. The Morgan fingerprint density at radius 3 is 2.15 bits per heavy atom. The van der Waals surface area contributed by atoms with Gasteiger partial charge >= 0.3 is 12.1 Å². The fourth-order valence-electron chi connectivity index (χ4n) is 3.76. The van der Waals surface area contributed by atoms with Gasteiger partial charge in [-0.15, -0.1) is 0 Å². The van der Waals surface area contributed by atoms with Crippen LogP contribution in [0.3, 0.4) is 0 Å². The van der Waals surface area contributed by atoms with E-state index in [0.717, 1.165) is 38.8 Å². The summed E-state index contributed by atoms with van der Waals surface area (Å²) in [4.78, 5) is 23.6. The highest BCUT2D eigenvalue weighted by Gasteiger charge is 2.38. The van der Waals surface area contributed by atoms with Crippen molar-refractivity contribution in [2.45, 2.75) is 49.7 Å². The Morgan fingerprint density at radius 2 is 1.68 bits per heavy atom. The van der Waals surface area contributed by atoms with Crippen LogP contribution in [0, 0.1) is 0 Å². The van der Waals surface area contributed by atoms with Crippen LogP contribution in [-0.4, -0.2) is 86.2 Å². The Balaban J connectivity index is 0.000000509. The third-order valence-electron chi connectivity index (χ3n) is 5.48. The van der Waals surface area contributed by atoms with Gasteiger partial charge in [0, 0.05) is 32.2 Å². The molecular formula is C21H30F3N3O6S. The fourth-order valence-corrected chi connectivity index (χ4v) is 5.39. The highest BCUT2D eigenvalue weighted by atomic mass is 32.2. The van der Waals surface area contributed by atoms with E-state index in [1.165, 1.54) is 4.31 Å². The van der Waals surface area contributed by atoms with Gasteiger partial charge in [-0.1, -0.05) is 12.8 Å². The fraction of sp³-hybridized carbons (Fsp3) is 0.619. The minimum atomic E-state index is -5.08. The van der Waals surface area contributed by atoms with Gasteiger partial charge in [0.15, 0.2) is 0 Å². The van der Waals surface area contributed by atoms with Crippen molar-refractivity contribution in [1.29, 1.82) is 0 Å². The first-order chi connectivity index (χ1) is 16.0. The predicted molar refractivity (Wildman–Crippen MR) is 117 cm³/mol. The van der Waals surface area contributed by atoms with Crippen molar-refractivity contribution in [1.82, 2.24) is 14.5 Å². The van der Waals surface area contributed by atoms with Crippen LogP contribution in [0.4, 0.5) is 13.2 Å². The molecule has 34 heavy (non-hydrogen) atoms. The predicted octanol–water partition coefficient (Wildman–Crippen LogP) is 2.08. The van der Waals surface area contributed by atoms with E-state index in [1.807, 2.05) is 6.92 Å². The number of carbonyl (C=O) groups is 2. The standard InChI is InChI=1S/C19H29N3O4S.C2HF3O2/c1-2-26-17-7-9-18(10-8-17)27(24,25)22(16-5-3-4-6-16)15-19(23)21-13-11-20-12-14-21;3-2(4,5)1(6)7/h7-10,16,20H,2-6,11-15H2,1H3;(H,6,7). The monoisotopic (exact) mass is 509 g/mol. The van der Waals surface area contributed by atoms with Gasteiger partial charge in [-0.3, -0.25) is 4.79 Å². The van der Waals surface area contributed by atoms with Crippen LogP contribution in [0.25, 0.3) is 0 Å². The Kier molecular flexibility index (Phi) is 10.1. The molecule has 1 saturated carbocycles. The molecule has 3 rings (SSSR count). The Bertz CT molecular complexity index is 913. The maximum absolute atomic E-state index is 13.3. The van der Waals surface area contributed by atoms with Gasteiger partial charge in [0.25, 0.3) is 0 Å². The summed E-state index contributed by atoms with van der Waals surface area (Å²) in [5, 5.41) is 10.3. The summed E-state index contributed by atoms with van der Waals surface area (Å²) in [7, 11) is -3.74. The quantitative estimate of drug-likeness (QED) is 0.578. The van der Waals surface area contributed by atoms with Gasteiger partial charge in [-0.05, 0) is 44.0 Å². The zero-order chi connectivity index (χ0) is 25.4. The van der Waals surface area contributed by atoms with Gasteiger partial charge in [0.2, 0.25) is 15.9 Å². The molecule has 0 unspecified atom stereocenters. The highest BCUT2D eigenvalue weighted by molar-refractivity contribution is 7.89. The summed E-state index contributed by atoms with van der Waals surface area (Å²) in [5.74, 6) is -2.23. The van der Waals surface area contributed by atoms with Crippen molar-refractivity contribution in [3.63, 3.8) is 0 Å². The summed E-state index contributed by atoms with van der Waals surface area (Å²) in [6, 6.07) is 6.37. The van der Waals surface area contributed by atoms with E-state index >= 15 is 0 Å². The van der Waals surface area contributed by atoms with Crippen molar-refractivity contribution in [3.05, 3.63) is 24.3 Å². The molecule has 13 heteroatoms. The molecule has 2 fully saturated rings. The molecule has 192 valence electrons. The molecule has 1 saturated heterocycles. The van der Waals surface area contributed by atoms with Gasteiger partial charge < -0.3 is 20.1 Å². The van der Waals surface area contributed by atoms with Gasteiger partial charge in [0.05, 0.1) is 18.0 Å². The lowest BCUT2D eigenvalue weighted by Gasteiger charge is -2.32. The average molecular weight is 510 g/mol. The number of nitrogens with zero attached hydrogens (tertiary/aromatic N) is 2. The smallest absolute Gasteiger partial charge is 0.490 e. The number of amides is 1. The second kappa shape index (κ2) is 12.4. The maximum Gasteiger partial charge on any atom is 0.490 e. The van der Waals surface area contributed by atoms with E-state index < -0.39 is 22.2 Å². The molecule has 0 aromatic heterocycles. The number of hydrogen-bond donors (Lipinski definition) is 2. The van der Waals surface area contributed by atoms with Crippen molar-refractivity contribution < 1.29 is 41.0 Å². The third kappa shape index (κ3) is 7.84. The molecule has 1 aromatic carbocycles. The van der Waals surface area contributed by atoms with Crippen LogP contribution in [0.5, 0.6) is 5.75 Å². The van der Waals surface area contributed by atoms with Crippen molar-refractivity contribution >= 4 is 21.9 Å². The van der Waals surface area contributed by atoms with Crippen LogP contribution in [0.1, 0.15) is 32.6 Å². The average Bonchev–Trinajstić information content (AvgIpc) is 3.32. The summed E-state index contributed by atoms with van der Waals surface area (Å²) in [6.45, 7) is 5.08. The molecular weight excluding hydrogens is 479 g/mol. The normalized spacial score (nSPS) is 17.3. The second-order valence-electron chi connectivity index (χ2n) is 7.83. The van der Waals surface area contributed by atoms with Crippen molar-refractivity contribution in [2.75, 3.05) is 39.3 Å². The Hall–Kier alpha value is -2.38. The molecule has 2 N–H and O–H groups in total. The second-order valence-corrected chi connectivity index (χ2v) is 9.72. The van der Waals surface area contributed by atoms with Crippen LogP contribution < -0.4 is 10.1 Å². The minimum absolute atomic E-state index is 0.0831. The summed E-state index contributed by atoms with van der Waals surface area (Å²) < 4.78 is 65.2. The zero-order valence-corrected chi connectivity index (χ0v) is 19.7. The molecule has 2 aliphatic rings. The van der Waals surface area contributed by atoms with E-state index in [4.69, 9.17) is 14.6 Å². The lowest BCUT2D eigenvalue weighted by molar-refractivity contribution is -0.192. The summed E-state index contributed by atoms with van der Waals surface area (Å²) in [6.07, 6.45) is -1.46. The number of carboxylic acids is 1. The molecule has 1 amide bonds. The van der Waals surface area contributed by atoms with E-state index in [0.29, 0.717) is 25.4 Å². The van der Waals surface area contributed by atoms with Crippen molar-refractivity contribution in [2.24, 2.45) is 0 Å². The number of halogens is 3. The van der Waals surface area contributed by atoms with Crippen LogP contribution >= 0.6 is 0 Å². The van der Waals surface area contributed by atoms with E-state index in [9.17, 15) is 26.4 Å². The number of aliphatic carboxylic acids is 1. The molecule has 0 bridgehead atoms. The van der Waals surface area contributed by atoms with Gasteiger partial charge in [0.1, 0.15) is 5.75 Å². The lowest BCUT2D eigenvalue weighted by Crippen LogP contribution is -2.51. The molecule has 1 aliphatic heterocycles. The molecule has 0 atom stereocenters. The lowest BCUT2D eigenvalue weighted by atomic mass is 10.2. The van der Waals surface area contributed by atoms with E-state index in [-0.39, 0.29) is 23.4 Å². The Morgan fingerprint density at radius 1 is 1.15 bits per heavy atom. The first kappa shape index (κ1) is 27.9. The molecule has 1 aromatic rings. The number of alkyl halides is 3. The molecule has 9 nitrogen and oxygen atoms in total. The van der Waals surface area contributed by atoms with Crippen molar-refractivity contribution in [3.8, 4) is 5.75 Å². The number of hydrogen-bond acceptors (Lipinski definition) is 6. The minimum Gasteiger partial charge on any atom is -0.494 e. The molecule has 1 heterocycles. The Labute approximate surface area is 196 Å². The molecule has 1 aliphatic carbocycles. The first-order valence-corrected chi connectivity index (χ1v) is 12.4. The number of piperazine rings is 1. The zero-order valence-electron chi connectivity index (χ0n) is 18.9. The summed E-state index contributed by atoms with van der Waals surface area (Å²) >= 11 is 0. The van der Waals surface area contributed by atoms with Crippen LogP contribution in [-0.2, 0) is 19.6 Å². The highest BCUT2D eigenvalue weighted by Crippen LogP contribution is 2.29.